The van der Waals surface area contributed by atoms with E-state index in [1.54, 1.807) is 18.0 Å². The van der Waals surface area contributed by atoms with Gasteiger partial charge in [-0.05, 0) is 35.6 Å². The first-order valence-electron chi connectivity index (χ1n) is 5.89. The van der Waals surface area contributed by atoms with Crippen LogP contribution in [0.3, 0.4) is 0 Å². The van der Waals surface area contributed by atoms with Gasteiger partial charge in [-0.2, -0.15) is 0 Å². The molecule has 1 aromatic carbocycles. The maximum Gasteiger partial charge on any atom is 0.224 e. The average molecular weight is 290 g/mol. The molecular formula is C14H12ClN3S. The molecule has 0 radical (unpaired) electrons. The Bertz CT molecular complexity index is 625. The number of nitrogens with zero attached hydrogens (tertiary/aromatic N) is 3. The normalized spacial score (nSPS) is 14.6. The highest BCUT2D eigenvalue weighted by molar-refractivity contribution is 8.02. The van der Waals surface area contributed by atoms with Crippen LogP contribution >= 0.6 is 23.4 Å². The number of hydrogen-bond acceptors (Lipinski definition) is 4. The van der Waals surface area contributed by atoms with Gasteiger partial charge in [0.1, 0.15) is 5.82 Å². The van der Waals surface area contributed by atoms with Gasteiger partial charge in [-0.25, -0.2) is 9.97 Å². The van der Waals surface area contributed by atoms with Crippen molar-refractivity contribution in [1.29, 1.82) is 0 Å². The smallest absolute Gasteiger partial charge is 0.224 e. The van der Waals surface area contributed by atoms with Crippen LogP contribution in [0.5, 0.6) is 0 Å². The molecule has 3 nitrogen and oxygen atoms in total. The summed E-state index contributed by atoms with van der Waals surface area (Å²) in [7, 11) is 0. The first-order chi connectivity index (χ1) is 9.24. The molecule has 0 amide bonds. The summed E-state index contributed by atoms with van der Waals surface area (Å²) >= 11 is 7.61. The second-order valence-corrected chi connectivity index (χ2v) is 5.44. The third kappa shape index (κ3) is 2.60. The van der Waals surface area contributed by atoms with E-state index in [4.69, 9.17) is 11.6 Å². The summed E-state index contributed by atoms with van der Waals surface area (Å²) in [5, 5.41) is 2.43. The predicted molar refractivity (Wildman–Crippen MR) is 81.1 cm³/mol. The van der Waals surface area contributed by atoms with Crippen LogP contribution in [-0.4, -0.2) is 15.8 Å². The zero-order chi connectivity index (χ0) is 13.2. The molecule has 0 aliphatic carbocycles. The number of aryl methyl sites for hydroxylation is 1. The third-order valence-corrected chi connectivity index (χ3v) is 3.90. The minimum absolute atomic E-state index is 0.276. The molecule has 96 valence electrons. The van der Waals surface area contributed by atoms with E-state index < -0.39 is 0 Å². The molecule has 0 saturated heterocycles. The van der Waals surface area contributed by atoms with Gasteiger partial charge < -0.3 is 4.90 Å². The van der Waals surface area contributed by atoms with E-state index in [2.05, 4.69) is 51.5 Å². The van der Waals surface area contributed by atoms with Gasteiger partial charge in [-0.1, -0.05) is 29.8 Å². The van der Waals surface area contributed by atoms with Crippen molar-refractivity contribution >= 4 is 34.9 Å². The summed E-state index contributed by atoms with van der Waals surface area (Å²) in [4.78, 5) is 10.3. The van der Waals surface area contributed by atoms with Crippen LogP contribution < -0.4 is 4.90 Å². The lowest BCUT2D eigenvalue weighted by Gasteiger charge is -2.20. The van der Waals surface area contributed by atoms with E-state index in [9.17, 15) is 0 Å². The molecule has 5 heteroatoms. The first-order valence-corrected chi connectivity index (χ1v) is 7.31. The molecule has 1 aliphatic rings. The molecule has 0 spiro atoms. The summed E-state index contributed by atoms with van der Waals surface area (Å²) in [6.07, 6.45) is 1.68. The summed E-state index contributed by atoms with van der Waals surface area (Å²) < 4.78 is 0. The van der Waals surface area contributed by atoms with E-state index in [1.807, 2.05) is 6.07 Å². The minimum atomic E-state index is 0.276. The highest BCUT2D eigenvalue weighted by atomic mass is 35.5. The lowest BCUT2D eigenvalue weighted by molar-refractivity contribution is 1.08. The fourth-order valence-corrected chi connectivity index (χ4v) is 3.00. The summed E-state index contributed by atoms with van der Waals surface area (Å²) in [5.41, 5.74) is 3.59. The Balaban J connectivity index is 1.95. The largest absolute Gasteiger partial charge is 0.315 e. The minimum Gasteiger partial charge on any atom is -0.315 e. The van der Waals surface area contributed by atoms with E-state index in [1.165, 1.54) is 11.1 Å². The summed E-state index contributed by atoms with van der Waals surface area (Å²) in [5.74, 6) is 1.67. The van der Waals surface area contributed by atoms with Crippen LogP contribution in [0.4, 0.5) is 5.82 Å². The summed E-state index contributed by atoms with van der Waals surface area (Å²) in [6.45, 7) is 2.09. The van der Waals surface area contributed by atoms with Crippen LogP contribution in [0.1, 0.15) is 11.1 Å². The lowest BCUT2D eigenvalue weighted by atomic mass is 10.1. The zero-order valence-corrected chi connectivity index (χ0v) is 11.9. The Labute approximate surface area is 121 Å². The number of thioether (sulfide) groups is 1. The standard InChI is InChI=1S/C14H12ClN3S/c1-10-2-4-11(5-3-10)12-8-19-9-18(12)13-6-7-16-14(15)17-13/h2-8H,9H2,1H3. The molecule has 1 aromatic heterocycles. The van der Waals surface area contributed by atoms with Crippen LogP contribution in [0.2, 0.25) is 5.28 Å². The second kappa shape index (κ2) is 5.23. The van der Waals surface area contributed by atoms with E-state index in [0.29, 0.717) is 0 Å². The lowest BCUT2D eigenvalue weighted by Crippen LogP contribution is -2.18. The molecule has 2 aromatic rings. The van der Waals surface area contributed by atoms with Crippen molar-refractivity contribution in [2.45, 2.75) is 6.92 Å². The van der Waals surface area contributed by atoms with Gasteiger partial charge in [0.05, 0.1) is 11.6 Å². The highest BCUT2D eigenvalue weighted by Crippen LogP contribution is 2.34. The molecular weight excluding hydrogens is 278 g/mol. The molecule has 19 heavy (non-hydrogen) atoms. The molecule has 0 N–H and O–H groups in total. The molecule has 0 saturated carbocycles. The number of anilines is 1. The molecule has 1 aliphatic heterocycles. The molecule has 0 bridgehead atoms. The second-order valence-electron chi connectivity index (χ2n) is 4.28. The van der Waals surface area contributed by atoms with Gasteiger partial charge in [0.25, 0.3) is 0 Å². The number of benzene rings is 1. The van der Waals surface area contributed by atoms with Gasteiger partial charge in [0, 0.05) is 6.20 Å². The van der Waals surface area contributed by atoms with E-state index in [-0.39, 0.29) is 5.28 Å². The number of aromatic nitrogens is 2. The molecule has 0 fully saturated rings. The van der Waals surface area contributed by atoms with Crippen LogP contribution in [0.15, 0.2) is 41.9 Å². The Kier molecular flexibility index (Phi) is 3.44. The van der Waals surface area contributed by atoms with Crippen molar-refractivity contribution in [3.05, 3.63) is 58.3 Å². The van der Waals surface area contributed by atoms with Gasteiger partial charge in [-0.15, -0.1) is 11.8 Å². The maximum atomic E-state index is 5.86. The van der Waals surface area contributed by atoms with Crippen LogP contribution in [0.25, 0.3) is 5.70 Å². The van der Waals surface area contributed by atoms with Crippen LogP contribution in [0, 0.1) is 6.92 Å². The molecule has 3 rings (SSSR count). The Morgan fingerprint density at radius 2 is 2.00 bits per heavy atom. The van der Waals surface area contributed by atoms with Crippen molar-refractivity contribution in [2.75, 3.05) is 10.8 Å². The van der Waals surface area contributed by atoms with Crippen LogP contribution in [-0.2, 0) is 0 Å². The monoisotopic (exact) mass is 289 g/mol. The van der Waals surface area contributed by atoms with Crippen molar-refractivity contribution in [1.82, 2.24) is 9.97 Å². The van der Waals surface area contributed by atoms with E-state index in [0.717, 1.165) is 17.4 Å². The topological polar surface area (TPSA) is 29.0 Å². The van der Waals surface area contributed by atoms with E-state index >= 15 is 0 Å². The number of hydrogen-bond donors (Lipinski definition) is 0. The Hall–Kier alpha value is -1.52. The molecule has 2 heterocycles. The predicted octanol–water partition coefficient (Wildman–Crippen LogP) is 3.95. The van der Waals surface area contributed by atoms with Crippen molar-refractivity contribution in [2.24, 2.45) is 0 Å². The van der Waals surface area contributed by atoms with Gasteiger partial charge in [0.2, 0.25) is 5.28 Å². The third-order valence-electron chi connectivity index (χ3n) is 2.92. The SMILES string of the molecule is Cc1ccc(C2=CSCN2c2ccnc(Cl)n2)cc1. The molecule has 0 unspecified atom stereocenters. The fraction of sp³-hybridized carbons (Fsp3) is 0.143. The highest BCUT2D eigenvalue weighted by Gasteiger charge is 2.20. The maximum absolute atomic E-state index is 5.86. The first kappa shape index (κ1) is 12.5. The fourth-order valence-electron chi connectivity index (χ4n) is 1.94. The van der Waals surface area contributed by atoms with Crippen molar-refractivity contribution in [3.8, 4) is 0 Å². The Morgan fingerprint density at radius 1 is 1.21 bits per heavy atom. The molecule has 0 atom stereocenters. The van der Waals surface area contributed by atoms with Gasteiger partial charge >= 0.3 is 0 Å². The van der Waals surface area contributed by atoms with Crippen molar-refractivity contribution < 1.29 is 0 Å². The number of rotatable bonds is 2. The quantitative estimate of drug-likeness (QED) is 0.783. The Morgan fingerprint density at radius 3 is 2.74 bits per heavy atom. The van der Waals surface area contributed by atoms with Gasteiger partial charge in [0.15, 0.2) is 0 Å². The zero-order valence-electron chi connectivity index (χ0n) is 10.4. The van der Waals surface area contributed by atoms with Gasteiger partial charge in [-0.3, -0.25) is 0 Å². The van der Waals surface area contributed by atoms with Crippen molar-refractivity contribution in [3.63, 3.8) is 0 Å². The summed E-state index contributed by atoms with van der Waals surface area (Å²) in [6, 6.07) is 10.4. The average Bonchev–Trinajstić information content (AvgIpc) is 2.89. The number of halogens is 1.